The molecule has 0 fully saturated rings. The zero-order valence-electron chi connectivity index (χ0n) is 16.5. The number of amides is 1. The van der Waals surface area contributed by atoms with Crippen molar-refractivity contribution >= 4 is 22.4 Å². The fourth-order valence-electron chi connectivity index (χ4n) is 3.24. The lowest BCUT2D eigenvalue weighted by molar-refractivity contribution is 0.0999. The van der Waals surface area contributed by atoms with E-state index in [1.165, 1.54) is 0 Å². The summed E-state index contributed by atoms with van der Waals surface area (Å²) in [6.45, 7) is 5.62. The van der Waals surface area contributed by atoms with Crippen LogP contribution in [-0.2, 0) is 13.0 Å². The van der Waals surface area contributed by atoms with E-state index in [1.807, 2.05) is 36.6 Å². The largest absolute Gasteiger partial charge is 0.496 e. The highest BCUT2D eigenvalue weighted by molar-refractivity contribution is 7.14. The van der Waals surface area contributed by atoms with Gasteiger partial charge >= 0.3 is 0 Å². The minimum atomic E-state index is -0.422. The van der Waals surface area contributed by atoms with Gasteiger partial charge in [-0.05, 0) is 37.5 Å². The first-order valence-corrected chi connectivity index (χ1v) is 10.2. The van der Waals surface area contributed by atoms with E-state index in [0.29, 0.717) is 12.1 Å². The number of nitrogens with one attached hydrogen (secondary N) is 1. The second-order valence-electron chi connectivity index (χ2n) is 6.57. The van der Waals surface area contributed by atoms with Gasteiger partial charge in [-0.15, -0.1) is 11.3 Å². The van der Waals surface area contributed by atoms with Crippen LogP contribution >= 0.6 is 11.3 Å². The van der Waals surface area contributed by atoms with Crippen molar-refractivity contribution in [1.29, 1.82) is 0 Å². The monoisotopic (exact) mass is 398 g/mol. The molecular formula is C21H26N4O2S. The summed E-state index contributed by atoms with van der Waals surface area (Å²) in [5, 5.41) is 6.20. The number of thiazole rings is 1. The third-order valence-corrected chi connectivity index (χ3v) is 5.52. The van der Waals surface area contributed by atoms with Gasteiger partial charge < -0.3 is 20.4 Å². The number of rotatable bonds is 9. The minimum absolute atomic E-state index is 0.422. The number of carbonyl (C=O) groups excluding carboxylic acids is 1. The van der Waals surface area contributed by atoms with Gasteiger partial charge in [0.25, 0.3) is 5.91 Å². The van der Waals surface area contributed by atoms with Gasteiger partial charge in [-0.2, -0.15) is 0 Å². The summed E-state index contributed by atoms with van der Waals surface area (Å²) >= 11 is 1.57. The number of nitrogens with two attached hydrogens (primary N) is 1. The summed E-state index contributed by atoms with van der Waals surface area (Å²) in [6.07, 6.45) is 1.81. The molecule has 7 heteroatoms. The Labute approximate surface area is 169 Å². The Bertz CT molecular complexity index is 961. The molecule has 3 N–H and O–H groups in total. The average Bonchev–Trinajstić information content (AvgIpc) is 3.29. The number of methoxy groups -OCH3 is 1. The number of hydrogen-bond acceptors (Lipinski definition) is 5. The van der Waals surface area contributed by atoms with Crippen LogP contribution in [0.1, 0.15) is 35.0 Å². The van der Waals surface area contributed by atoms with E-state index in [0.717, 1.165) is 52.9 Å². The number of ether oxygens (including phenoxy) is 1. The second kappa shape index (κ2) is 8.93. The van der Waals surface area contributed by atoms with Crippen molar-refractivity contribution < 1.29 is 9.53 Å². The van der Waals surface area contributed by atoms with Gasteiger partial charge in [0.15, 0.2) is 5.13 Å². The maximum atomic E-state index is 11.9. The van der Waals surface area contributed by atoms with E-state index in [9.17, 15) is 4.79 Å². The first-order valence-electron chi connectivity index (χ1n) is 9.36. The van der Waals surface area contributed by atoms with Crippen molar-refractivity contribution in [1.82, 2.24) is 9.55 Å². The van der Waals surface area contributed by atoms with E-state index in [-0.39, 0.29) is 0 Å². The number of para-hydroxylation sites is 1. The molecular weight excluding hydrogens is 372 g/mol. The van der Waals surface area contributed by atoms with E-state index in [4.69, 9.17) is 15.5 Å². The third-order valence-electron chi connectivity index (χ3n) is 4.72. The molecule has 0 aliphatic rings. The number of anilines is 1. The highest BCUT2D eigenvalue weighted by Crippen LogP contribution is 2.30. The van der Waals surface area contributed by atoms with Crippen molar-refractivity contribution in [3.63, 3.8) is 0 Å². The molecule has 2 heterocycles. The molecule has 3 aromatic rings. The molecule has 1 aromatic carbocycles. The van der Waals surface area contributed by atoms with Gasteiger partial charge in [-0.25, -0.2) is 4.98 Å². The van der Waals surface area contributed by atoms with E-state index in [1.54, 1.807) is 18.4 Å². The average molecular weight is 399 g/mol. The molecule has 0 spiro atoms. The Balaban J connectivity index is 1.93. The summed E-state index contributed by atoms with van der Waals surface area (Å²) in [5.74, 6) is 0.443. The highest BCUT2D eigenvalue weighted by atomic mass is 32.1. The van der Waals surface area contributed by atoms with Crippen LogP contribution in [0.25, 0.3) is 11.4 Å². The molecule has 0 unspecified atom stereocenters. The number of nitrogens with zero attached hydrogens (tertiary/aromatic N) is 2. The molecule has 148 valence electrons. The summed E-state index contributed by atoms with van der Waals surface area (Å²) in [5.41, 5.74) is 9.85. The zero-order valence-corrected chi connectivity index (χ0v) is 17.3. The molecule has 6 nitrogen and oxygen atoms in total. The molecule has 0 saturated heterocycles. The van der Waals surface area contributed by atoms with Crippen molar-refractivity contribution in [2.75, 3.05) is 19.0 Å². The fourth-order valence-corrected chi connectivity index (χ4v) is 3.97. The van der Waals surface area contributed by atoms with E-state index < -0.39 is 5.91 Å². The first-order chi connectivity index (χ1) is 13.5. The number of hydrogen-bond donors (Lipinski definition) is 2. The minimum Gasteiger partial charge on any atom is -0.496 e. The van der Waals surface area contributed by atoms with Crippen LogP contribution in [0.2, 0.25) is 0 Å². The van der Waals surface area contributed by atoms with Crippen LogP contribution in [-0.4, -0.2) is 29.1 Å². The Morgan fingerprint density at radius 3 is 2.86 bits per heavy atom. The highest BCUT2D eigenvalue weighted by Gasteiger charge is 2.19. The molecule has 0 radical (unpaired) electrons. The summed E-state index contributed by atoms with van der Waals surface area (Å²) in [6, 6.07) is 9.82. The molecule has 1 amide bonds. The molecule has 0 aliphatic heterocycles. The van der Waals surface area contributed by atoms with E-state index >= 15 is 0 Å². The number of primary amides is 1. The summed E-state index contributed by atoms with van der Waals surface area (Å²) in [4.78, 5) is 16.6. The molecule has 0 aliphatic carbocycles. The maximum Gasteiger partial charge on any atom is 0.250 e. The predicted molar refractivity (Wildman–Crippen MR) is 114 cm³/mol. The number of carbonyl (C=O) groups is 1. The van der Waals surface area contributed by atoms with Crippen LogP contribution in [0.4, 0.5) is 5.13 Å². The van der Waals surface area contributed by atoms with Gasteiger partial charge in [0.05, 0.1) is 24.1 Å². The quantitative estimate of drug-likeness (QED) is 0.569. The van der Waals surface area contributed by atoms with Gasteiger partial charge in [0.1, 0.15) is 5.75 Å². The Morgan fingerprint density at radius 1 is 1.36 bits per heavy atom. The Hall–Kier alpha value is -2.80. The third kappa shape index (κ3) is 4.20. The van der Waals surface area contributed by atoms with Gasteiger partial charge in [-0.1, -0.05) is 25.1 Å². The van der Waals surface area contributed by atoms with Gasteiger partial charge in [0.2, 0.25) is 0 Å². The Morgan fingerprint density at radius 2 is 2.14 bits per heavy atom. The lowest BCUT2D eigenvalue weighted by Gasteiger charge is -2.13. The summed E-state index contributed by atoms with van der Waals surface area (Å²) < 4.78 is 7.58. The predicted octanol–water partition coefficient (Wildman–Crippen LogP) is 4.09. The number of aryl methyl sites for hydroxylation is 1. The van der Waals surface area contributed by atoms with Crippen LogP contribution in [0.5, 0.6) is 5.75 Å². The maximum absolute atomic E-state index is 11.9. The summed E-state index contributed by atoms with van der Waals surface area (Å²) in [7, 11) is 1.68. The molecule has 3 rings (SSSR count). The van der Waals surface area contributed by atoms with Crippen LogP contribution in [0.3, 0.4) is 0 Å². The normalized spacial score (nSPS) is 10.8. The fraction of sp³-hybridized carbons (Fsp3) is 0.333. The van der Waals surface area contributed by atoms with Crippen molar-refractivity contribution in [3.8, 4) is 17.1 Å². The Kier molecular flexibility index (Phi) is 6.36. The zero-order chi connectivity index (χ0) is 20.1. The second-order valence-corrected chi connectivity index (χ2v) is 7.43. The van der Waals surface area contributed by atoms with Crippen molar-refractivity contribution in [3.05, 3.63) is 52.5 Å². The molecule has 0 atom stereocenters. The molecule has 2 aromatic heterocycles. The smallest absolute Gasteiger partial charge is 0.250 e. The number of benzene rings is 1. The van der Waals surface area contributed by atoms with Crippen molar-refractivity contribution in [2.45, 2.75) is 33.2 Å². The van der Waals surface area contributed by atoms with Crippen LogP contribution in [0, 0.1) is 6.92 Å². The lowest BCUT2D eigenvalue weighted by atomic mass is 10.1. The lowest BCUT2D eigenvalue weighted by Crippen LogP contribution is -2.13. The standard InChI is InChI=1S/C21H26N4O2S/c1-4-10-23-21-24-17(13-28-21)18-12-16(20(22)26)14(2)25(18)11-9-15-7-5-6-8-19(15)27-3/h5-8,12-13H,4,9-11H2,1-3H3,(H2,22,26)(H,23,24). The van der Waals surface area contributed by atoms with Gasteiger partial charge in [-0.3, -0.25) is 4.79 Å². The number of aromatic nitrogens is 2. The van der Waals surface area contributed by atoms with Crippen molar-refractivity contribution in [2.24, 2.45) is 5.73 Å². The molecule has 0 saturated carbocycles. The molecule has 28 heavy (non-hydrogen) atoms. The van der Waals surface area contributed by atoms with Gasteiger partial charge in [0, 0.05) is 24.2 Å². The van der Waals surface area contributed by atoms with E-state index in [2.05, 4.69) is 22.9 Å². The topological polar surface area (TPSA) is 82.2 Å². The van der Waals surface area contributed by atoms with Crippen LogP contribution in [0.15, 0.2) is 35.7 Å². The molecule has 0 bridgehead atoms. The van der Waals surface area contributed by atoms with Crippen LogP contribution < -0.4 is 15.8 Å². The first kappa shape index (κ1) is 19.9. The SMILES string of the molecule is CCCNc1nc(-c2cc(C(N)=O)c(C)n2CCc2ccccc2OC)cs1.